The molecule has 1 atom stereocenters. The fraction of sp³-hybridized carbons (Fsp3) is 0.0667. The van der Waals surface area contributed by atoms with Gasteiger partial charge in [-0.15, -0.1) is 18.2 Å². The van der Waals surface area contributed by atoms with Crippen LogP contribution in [0.15, 0.2) is 91.3 Å². The number of hydrogen-bond donors (Lipinski definition) is 0. The molecule has 3 heterocycles. The molecule has 6 rings (SSSR count). The molecule has 0 fully saturated rings. The number of pyridine rings is 2. The van der Waals surface area contributed by atoms with Crippen LogP contribution in [0.1, 0.15) is 11.1 Å². The summed E-state index contributed by atoms with van der Waals surface area (Å²) < 4.78 is 20.7. The molecule has 0 bridgehead atoms. The molecule has 178 valence electrons. The molecule has 1 aliphatic heterocycles. The van der Waals surface area contributed by atoms with E-state index in [2.05, 4.69) is 22.1 Å². The number of ether oxygens (including phenoxy) is 1. The van der Waals surface area contributed by atoms with Crippen molar-refractivity contribution < 1.29 is 30.4 Å². The van der Waals surface area contributed by atoms with E-state index in [4.69, 9.17) is 4.74 Å². The molecule has 4 nitrogen and oxygen atoms in total. The second kappa shape index (κ2) is 9.62. The summed E-state index contributed by atoms with van der Waals surface area (Å²) in [6, 6.07) is 32.0. The summed E-state index contributed by atoms with van der Waals surface area (Å²) in [5, 5.41) is 1.50. The first-order valence-electron chi connectivity index (χ1n) is 11.4. The number of nitrogens with zero attached hydrogens (tertiary/aromatic N) is 2. The number of fused-ring (bicyclic) bond motifs is 3. The molecule has 0 N–H and O–H groups in total. The van der Waals surface area contributed by atoms with Gasteiger partial charge < -0.3 is 9.30 Å². The van der Waals surface area contributed by atoms with Gasteiger partial charge in [-0.3, -0.25) is 4.98 Å². The molecule has 0 saturated heterocycles. The second-order valence-electron chi connectivity index (χ2n) is 8.66. The first-order valence-corrected chi connectivity index (χ1v) is 13.1. The maximum absolute atomic E-state index is 14.8. The predicted octanol–water partition coefficient (Wildman–Crippen LogP) is 5.77. The topological polar surface area (TPSA) is 52.1 Å². The average molecular weight is 668 g/mol. The molecule has 0 radical (unpaired) electrons. The fourth-order valence-corrected chi connectivity index (χ4v) is 7.40. The minimum absolute atomic E-state index is 0. The van der Waals surface area contributed by atoms with Gasteiger partial charge >= 0.3 is 21.1 Å². The Morgan fingerprint density at radius 2 is 1.61 bits per heavy atom. The van der Waals surface area contributed by atoms with Crippen molar-refractivity contribution in [3.63, 3.8) is 0 Å². The van der Waals surface area contributed by atoms with Gasteiger partial charge in [0, 0.05) is 29.5 Å². The Morgan fingerprint density at radius 1 is 0.778 bits per heavy atom. The largest absolute Gasteiger partial charge is 2.00 e. The van der Waals surface area contributed by atoms with Crippen LogP contribution in [0, 0.1) is 26.0 Å². The van der Waals surface area contributed by atoms with E-state index in [-0.39, 0.29) is 21.1 Å². The van der Waals surface area contributed by atoms with E-state index < -0.39 is 7.14 Å². The van der Waals surface area contributed by atoms with Gasteiger partial charge in [-0.25, -0.2) is 16.1 Å². The van der Waals surface area contributed by atoms with Crippen LogP contribution in [0.3, 0.4) is 0 Å². The smallest absolute Gasteiger partial charge is 0.460 e. The Bertz CT molecular complexity index is 1630. The van der Waals surface area contributed by atoms with Crippen LogP contribution in [0.25, 0.3) is 22.3 Å². The summed E-state index contributed by atoms with van der Waals surface area (Å²) in [4.78, 5) is 8.85. The summed E-state index contributed by atoms with van der Waals surface area (Å²) in [6.07, 6.45) is 3.49. The van der Waals surface area contributed by atoms with Gasteiger partial charge in [-0.05, 0) is 42.7 Å². The van der Waals surface area contributed by atoms with Crippen molar-refractivity contribution in [3.8, 4) is 33.9 Å². The van der Waals surface area contributed by atoms with Gasteiger partial charge in [0.15, 0.2) is 7.14 Å². The van der Waals surface area contributed by atoms with Crippen molar-refractivity contribution in [2.24, 2.45) is 0 Å². The zero-order valence-electron chi connectivity index (χ0n) is 19.6. The van der Waals surface area contributed by atoms with Crippen molar-refractivity contribution in [2.75, 3.05) is 0 Å². The standard InChI is InChI=1S/C30H21N2O2P.Pt/c1-20-14-15-31-30(16-20)35(33)27-9-4-3-8-25(27)26-12-11-23(18-28(26)35)22-6-5-7-24(17-22)34-29-13-10-21(2)19-32-29;/h3-16,19H,1-2H3;/q-2;+2. The van der Waals surface area contributed by atoms with Crippen LogP contribution in [0.2, 0.25) is 0 Å². The predicted molar refractivity (Wildman–Crippen MR) is 140 cm³/mol. The third-order valence-corrected chi connectivity index (χ3v) is 9.09. The van der Waals surface area contributed by atoms with Crippen LogP contribution in [0.4, 0.5) is 0 Å². The number of rotatable bonds is 4. The molecule has 3 aromatic carbocycles. The Morgan fingerprint density at radius 3 is 2.42 bits per heavy atom. The number of benzene rings is 3. The van der Waals surface area contributed by atoms with Crippen molar-refractivity contribution in [1.29, 1.82) is 0 Å². The van der Waals surface area contributed by atoms with Gasteiger partial charge in [-0.1, -0.05) is 41.2 Å². The third kappa shape index (κ3) is 4.15. The van der Waals surface area contributed by atoms with Crippen LogP contribution in [-0.4, -0.2) is 9.97 Å². The van der Waals surface area contributed by atoms with Crippen molar-refractivity contribution >= 4 is 23.2 Å². The van der Waals surface area contributed by atoms with Gasteiger partial charge in [0.2, 0.25) is 5.88 Å². The maximum atomic E-state index is 14.8. The molecule has 0 saturated carbocycles. The van der Waals surface area contributed by atoms with Crippen LogP contribution >= 0.6 is 7.14 Å². The molecule has 0 aliphatic carbocycles. The maximum Gasteiger partial charge on any atom is 2.00 e. The van der Waals surface area contributed by atoms with E-state index in [1.54, 1.807) is 12.4 Å². The molecule has 5 aromatic rings. The van der Waals surface area contributed by atoms with E-state index in [1.165, 1.54) is 0 Å². The van der Waals surface area contributed by atoms with Crippen molar-refractivity contribution in [3.05, 3.63) is 115 Å². The monoisotopic (exact) mass is 667 g/mol. The zero-order valence-corrected chi connectivity index (χ0v) is 22.8. The zero-order chi connectivity index (χ0) is 24.0. The molecule has 6 heteroatoms. The summed E-state index contributed by atoms with van der Waals surface area (Å²) in [5.41, 5.74) is 6.19. The molecule has 0 amide bonds. The summed E-state index contributed by atoms with van der Waals surface area (Å²) in [5.74, 6) is 1.06. The van der Waals surface area contributed by atoms with Gasteiger partial charge in [0.05, 0.1) is 0 Å². The molecule has 1 unspecified atom stereocenters. The summed E-state index contributed by atoms with van der Waals surface area (Å²) >= 11 is 0. The minimum atomic E-state index is -3.17. The fourth-order valence-electron chi connectivity index (χ4n) is 4.42. The second-order valence-corrected chi connectivity index (χ2v) is 11.3. The van der Waals surface area contributed by atoms with Crippen LogP contribution in [0.5, 0.6) is 11.6 Å². The first kappa shape index (κ1) is 24.4. The molecular weight excluding hydrogens is 646 g/mol. The van der Waals surface area contributed by atoms with Crippen LogP contribution in [-0.2, 0) is 25.6 Å². The van der Waals surface area contributed by atoms with E-state index in [0.717, 1.165) is 38.7 Å². The SMILES string of the molecule is Cc1ccc(Oc2[c-]c(-c3[c-]c4c(cc3)-c3ccccc3P4(=O)c3cc(C)ccn3)ccc2)nc1.[Pt+2]. The number of aryl methyl sites for hydroxylation is 2. The van der Waals surface area contributed by atoms with Gasteiger partial charge in [-0.2, -0.15) is 24.3 Å². The third-order valence-electron chi connectivity index (χ3n) is 6.15. The van der Waals surface area contributed by atoms with Crippen molar-refractivity contribution in [1.82, 2.24) is 9.97 Å². The van der Waals surface area contributed by atoms with Gasteiger partial charge in [0.1, 0.15) is 5.44 Å². The summed E-state index contributed by atoms with van der Waals surface area (Å²) in [7, 11) is -3.17. The van der Waals surface area contributed by atoms with E-state index >= 15 is 0 Å². The Balaban J connectivity index is 0.00000267. The Hall–Kier alpha value is -3.32. The normalized spacial score (nSPS) is 15.5. The summed E-state index contributed by atoms with van der Waals surface area (Å²) in [6.45, 7) is 3.97. The average Bonchev–Trinajstić information content (AvgIpc) is 3.15. The molecule has 1 aliphatic rings. The van der Waals surface area contributed by atoms with Crippen LogP contribution < -0.4 is 20.8 Å². The van der Waals surface area contributed by atoms with E-state index in [1.807, 2.05) is 92.7 Å². The number of hydrogen-bond acceptors (Lipinski definition) is 4. The molecular formula is C30H21N2O2PPt. The number of aromatic nitrogens is 2. The molecule has 2 aromatic heterocycles. The quantitative estimate of drug-likeness (QED) is 0.177. The minimum Gasteiger partial charge on any atom is -0.460 e. The van der Waals surface area contributed by atoms with Crippen molar-refractivity contribution in [2.45, 2.75) is 13.8 Å². The van der Waals surface area contributed by atoms with E-state index in [0.29, 0.717) is 22.4 Å². The molecule has 36 heavy (non-hydrogen) atoms. The Labute approximate surface area is 225 Å². The Kier molecular flexibility index (Phi) is 6.51. The van der Waals surface area contributed by atoms with E-state index in [9.17, 15) is 4.57 Å². The van der Waals surface area contributed by atoms with Gasteiger partial charge in [0.25, 0.3) is 0 Å². The first-order chi connectivity index (χ1) is 17.0. The molecule has 0 spiro atoms.